The van der Waals surface area contributed by atoms with Crippen LogP contribution < -0.4 is 0 Å². The van der Waals surface area contributed by atoms with Crippen LogP contribution in [0.3, 0.4) is 0 Å². The van der Waals surface area contributed by atoms with Crippen LogP contribution in [0, 0.1) is 52.3 Å². The van der Waals surface area contributed by atoms with Crippen molar-refractivity contribution in [3.63, 3.8) is 0 Å². The second kappa shape index (κ2) is 8.12. The molecule has 0 aromatic rings. The maximum atomic E-state index is 11.7. The number of fused-ring (bicyclic) bond motifs is 5. The first-order valence-corrected chi connectivity index (χ1v) is 13.1. The van der Waals surface area contributed by atoms with E-state index in [2.05, 4.69) is 34.6 Å². The van der Waals surface area contributed by atoms with E-state index in [0.717, 1.165) is 31.1 Å². The summed E-state index contributed by atoms with van der Waals surface area (Å²) in [5.74, 6) is 4.46. The molecule has 0 spiro atoms. The summed E-state index contributed by atoms with van der Waals surface area (Å²) in [5, 5.41) is 22.2. The van der Waals surface area contributed by atoms with Crippen LogP contribution >= 0.6 is 0 Å². The molecule has 0 aromatic carbocycles. The average Bonchev–Trinajstić information content (AvgIpc) is 3.05. The molecule has 4 rings (SSSR count). The zero-order valence-electron chi connectivity index (χ0n) is 19.9. The molecule has 168 valence electrons. The van der Waals surface area contributed by atoms with Crippen LogP contribution in [0.1, 0.15) is 105 Å². The van der Waals surface area contributed by atoms with Crippen molar-refractivity contribution in [1.82, 2.24) is 0 Å². The second-order valence-corrected chi connectivity index (χ2v) is 12.2. The van der Waals surface area contributed by atoms with Gasteiger partial charge >= 0.3 is 0 Å². The quantitative estimate of drug-likeness (QED) is 0.553. The average molecular weight is 405 g/mol. The lowest BCUT2D eigenvalue weighted by Gasteiger charge is -2.64. The summed E-state index contributed by atoms with van der Waals surface area (Å²) < 4.78 is 0. The van der Waals surface area contributed by atoms with Crippen molar-refractivity contribution in [2.24, 2.45) is 52.3 Å². The summed E-state index contributed by atoms with van der Waals surface area (Å²) in [5.41, 5.74) is 0.766. The van der Waals surface area contributed by atoms with Gasteiger partial charge in [0, 0.05) is 0 Å². The zero-order chi connectivity index (χ0) is 21.0. The molecule has 0 radical (unpaired) electrons. The molecule has 4 saturated carbocycles. The van der Waals surface area contributed by atoms with Gasteiger partial charge in [-0.05, 0) is 97.2 Å². The second-order valence-electron chi connectivity index (χ2n) is 12.2. The monoisotopic (exact) mass is 404 g/mol. The number of aliphatic hydroxyl groups is 2. The summed E-state index contributed by atoms with van der Waals surface area (Å²) in [7, 11) is 0. The molecule has 4 fully saturated rings. The Morgan fingerprint density at radius 2 is 1.59 bits per heavy atom. The van der Waals surface area contributed by atoms with Gasteiger partial charge in [0.15, 0.2) is 0 Å². The molecule has 0 saturated heterocycles. The zero-order valence-corrected chi connectivity index (χ0v) is 19.9. The Labute approximate surface area is 180 Å². The van der Waals surface area contributed by atoms with E-state index < -0.39 is 0 Å². The van der Waals surface area contributed by atoms with Gasteiger partial charge < -0.3 is 10.2 Å². The number of hydrogen-bond donors (Lipinski definition) is 2. The Balaban J connectivity index is 1.63. The van der Waals surface area contributed by atoms with Crippen LogP contribution in [0.4, 0.5) is 0 Å². The van der Waals surface area contributed by atoms with Crippen molar-refractivity contribution in [1.29, 1.82) is 0 Å². The predicted molar refractivity (Wildman–Crippen MR) is 120 cm³/mol. The van der Waals surface area contributed by atoms with E-state index in [1.165, 1.54) is 51.4 Å². The van der Waals surface area contributed by atoms with Crippen molar-refractivity contribution in [3.8, 4) is 0 Å². The predicted octanol–water partition coefficient (Wildman–Crippen LogP) is 6.44. The lowest BCUT2D eigenvalue weighted by Crippen LogP contribution is -2.62. The molecular formula is C27H48O2. The van der Waals surface area contributed by atoms with Crippen LogP contribution in [0.5, 0.6) is 0 Å². The summed E-state index contributed by atoms with van der Waals surface area (Å²) in [6.07, 6.45) is 13.3. The van der Waals surface area contributed by atoms with E-state index in [-0.39, 0.29) is 12.2 Å². The van der Waals surface area contributed by atoms with Crippen molar-refractivity contribution in [2.75, 3.05) is 0 Å². The van der Waals surface area contributed by atoms with E-state index in [0.29, 0.717) is 40.4 Å². The molecule has 4 unspecified atom stereocenters. The van der Waals surface area contributed by atoms with Gasteiger partial charge in [0.25, 0.3) is 0 Å². The lowest BCUT2D eigenvalue weighted by atomic mass is 9.41. The summed E-state index contributed by atoms with van der Waals surface area (Å²) >= 11 is 0. The highest BCUT2D eigenvalue weighted by atomic mass is 16.3. The van der Waals surface area contributed by atoms with Gasteiger partial charge in [-0.25, -0.2) is 0 Å². The molecule has 2 nitrogen and oxygen atoms in total. The van der Waals surface area contributed by atoms with Gasteiger partial charge in [0.05, 0.1) is 12.2 Å². The smallest absolute Gasteiger partial charge is 0.0605 e. The van der Waals surface area contributed by atoms with Crippen LogP contribution in [0.25, 0.3) is 0 Å². The Kier molecular flexibility index (Phi) is 6.19. The fourth-order valence-corrected chi connectivity index (χ4v) is 9.66. The van der Waals surface area contributed by atoms with E-state index in [9.17, 15) is 10.2 Å². The van der Waals surface area contributed by atoms with Gasteiger partial charge in [-0.15, -0.1) is 0 Å². The largest absolute Gasteiger partial charge is 0.393 e. The van der Waals surface area contributed by atoms with Gasteiger partial charge in [-0.1, -0.05) is 60.3 Å². The standard InChI is InChI=1S/C27H48O2/c1-6-8-9-17(3)20-10-11-21-24-22(13-15-26(20,21)4)27(5)14-12-18(28)16-23(27)19(7-2)25(24)29/h17-25,28-29H,6-16H2,1-5H3/t17-,18-,19-,20-,21?,22?,23+,24?,25?,26-,27-/m1/s1. The Morgan fingerprint density at radius 1 is 0.897 bits per heavy atom. The minimum absolute atomic E-state index is 0.144. The fraction of sp³-hybridized carbons (Fsp3) is 1.00. The Hall–Kier alpha value is -0.0800. The summed E-state index contributed by atoms with van der Waals surface area (Å²) in [6, 6.07) is 0. The molecule has 0 aliphatic heterocycles. The number of rotatable bonds is 5. The minimum atomic E-state index is -0.150. The Morgan fingerprint density at radius 3 is 2.28 bits per heavy atom. The summed E-state index contributed by atoms with van der Waals surface area (Å²) in [4.78, 5) is 0. The number of aliphatic hydroxyl groups excluding tert-OH is 2. The van der Waals surface area contributed by atoms with Crippen molar-refractivity contribution < 1.29 is 10.2 Å². The van der Waals surface area contributed by atoms with Crippen molar-refractivity contribution in [2.45, 2.75) is 117 Å². The molecule has 0 amide bonds. The van der Waals surface area contributed by atoms with Gasteiger partial charge in [-0.2, -0.15) is 0 Å². The molecule has 4 aliphatic rings. The third kappa shape index (κ3) is 3.34. The van der Waals surface area contributed by atoms with Gasteiger partial charge in [0.1, 0.15) is 0 Å². The topological polar surface area (TPSA) is 40.5 Å². The maximum absolute atomic E-state index is 11.7. The van der Waals surface area contributed by atoms with Gasteiger partial charge in [-0.3, -0.25) is 0 Å². The van der Waals surface area contributed by atoms with Crippen LogP contribution in [-0.2, 0) is 0 Å². The summed E-state index contributed by atoms with van der Waals surface area (Å²) in [6.45, 7) is 12.3. The lowest BCUT2D eigenvalue weighted by molar-refractivity contribution is -0.203. The van der Waals surface area contributed by atoms with Crippen molar-refractivity contribution in [3.05, 3.63) is 0 Å². The van der Waals surface area contributed by atoms with Crippen LogP contribution in [0.2, 0.25) is 0 Å². The molecule has 0 bridgehead atoms. The minimum Gasteiger partial charge on any atom is -0.393 e. The first-order chi connectivity index (χ1) is 13.8. The Bertz CT molecular complexity index is 575. The molecule has 4 aliphatic carbocycles. The van der Waals surface area contributed by atoms with Crippen LogP contribution in [-0.4, -0.2) is 22.4 Å². The number of unbranched alkanes of at least 4 members (excludes halogenated alkanes) is 1. The van der Waals surface area contributed by atoms with Crippen LogP contribution in [0.15, 0.2) is 0 Å². The third-order valence-electron chi connectivity index (χ3n) is 11.2. The molecule has 0 heterocycles. The molecule has 11 atom stereocenters. The number of hydrogen-bond acceptors (Lipinski definition) is 2. The molecule has 29 heavy (non-hydrogen) atoms. The highest BCUT2D eigenvalue weighted by Crippen LogP contribution is 2.69. The van der Waals surface area contributed by atoms with Gasteiger partial charge in [0.2, 0.25) is 0 Å². The molecule has 2 N–H and O–H groups in total. The highest BCUT2D eigenvalue weighted by Gasteiger charge is 2.64. The maximum Gasteiger partial charge on any atom is 0.0605 e. The van der Waals surface area contributed by atoms with Crippen molar-refractivity contribution >= 4 is 0 Å². The molecule has 0 aromatic heterocycles. The molecular weight excluding hydrogens is 356 g/mol. The van der Waals surface area contributed by atoms with E-state index in [1.807, 2.05) is 0 Å². The fourth-order valence-electron chi connectivity index (χ4n) is 9.66. The normalized spacial score (nSPS) is 53.1. The van der Waals surface area contributed by atoms with E-state index >= 15 is 0 Å². The SMILES string of the molecule is CCCC[C@@H](C)[C@H]1CCC2C3C(O)[C@H](CC)[C@@H]4C[C@H](O)CC[C@]4(C)C3CC[C@@]21C. The van der Waals surface area contributed by atoms with E-state index in [1.54, 1.807) is 0 Å². The first-order valence-electron chi connectivity index (χ1n) is 13.1. The third-order valence-corrected chi connectivity index (χ3v) is 11.2. The highest BCUT2D eigenvalue weighted by molar-refractivity contribution is 5.13. The molecule has 2 heteroatoms. The first kappa shape index (κ1) is 22.1. The van der Waals surface area contributed by atoms with E-state index in [4.69, 9.17) is 0 Å².